The lowest BCUT2D eigenvalue weighted by Gasteiger charge is -2.28. The number of rotatable bonds is 2. The Balaban J connectivity index is 0.000000236. The molecule has 6 nitrogen and oxygen atoms in total. The molecule has 2 N–H and O–H groups in total. The van der Waals surface area contributed by atoms with Gasteiger partial charge in [0, 0.05) is 32.4 Å². The second kappa shape index (κ2) is 7.66. The molecule has 0 spiro atoms. The molecule has 0 aliphatic carbocycles. The van der Waals surface area contributed by atoms with Crippen molar-refractivity contribution >= 4 is 34.8 Å². The van der Waals surface area contributed by atoms with Gasteiger partial charge in [-0.3, -0.25) is 4.79 Å². The maximum atomic E-state index is 9.60. The van der Waals surface area contributed by atoms with Crippen LogP contribution < -0.4 is 10.2 Å². The summed E-state index contributed by atoms with van der Waals surface area (Å²) in [5, 5.41) is 3.88. The van der Waals surface area contributed by atoms with E-state index in [-0.39, 0.29) is 5.60 Å². The monoisotopic (exact) mass is 338 g/mol. The van der Waals surface area contributed by atoms with Crippen LogP contribution in [0.2, 0.25) is 5.15 Å². The molecule has 3 rings (SSSR count). The predicted molar refractivity (Wildman–Crippen MR) is 93.1 cm³/mol. The van der Waals surface area contributed by atoms with Crippen LogP contribution in [-0.4, -0.2) is 48.2 Å². The normalized spacial score (nSPS) is 15.0. The minimum absolute atomic E-state index is 0.318. The molecule has 0 atom stereocenters. The number of halogens is 1. The number of aromatic nitrogens is 2. The highest BCUT2D eigenvalue weighted by Gasteiger charge is 2.15. The van der Waals surface area contributed by atoms with Crippen molar-refractivity contribution in [3.05, 3.63) is 23.5 Å². The van der Waals surface area contributed by atoms with Gasteiger partial charge in [-0.05, 0) is 32.9 Å². The number of fused-ring (bicyclic) bond motifs is 1. The Bertz CT molecular complexity index is 645. The highest BCUT2D eigenvalue weighted by molar-refractivity contribution is 6.29. The summed E-state index contributed by atoms with van der Waals surface area (Å²) in [6.45, 7) is 9.99. The molecule has 126 valence electrons. The first-order valence-electron chi connectivity index (χ1n) is 7.61. The lowest BCUT2D eigenvalue weighted by molar-refractivity contribution is -0.138. The zero-order valence-corrected chi connectivity index (χ0v) is 14.5. The first kappa shape index (κ1) is 17.6. The van der Waals surface area contributed by atoms with Gasteiger partial charge in [0.05, 0.1) is 11.2 Å². The molecule has 23 heavy (non-hydrogen) atoms. The van der Waals surface area contributed by atoms with Crippen LogP contribution >= 0.6 is 11.6 Å². The lowest BCUT2D eigenvalue weighted by Crippen LogP contribution is -2.43. The smallest absolute Gasteiger partial charge is 0.293 e. The van der Waals surface area contributed by atoms with E-state index in [2.05, 4.69) is 24.9 Å². The van der Waals surface area contributed by atoms with E-state index in [4.69, 9.17) is 11.6 Å². The summed E-state index contributed by atoms with van der Waals surface area (Å²) in [6, 6.07) is 3.78. The Morgan fingerprint density at radius 1 is 1.30 bits per heavy atom. The van der Waals surface area contributed by atoms with Gasteiger partial charge < -0.3 is 19.9 Å². The van der Waals surface area contributed by atoms with Crippen LogP contribution in [0.5, 0.6) is 0 Å². The van der Waals surface area contributed by atoms with Crippen molar-refractivity contribution in [3.8, 4) is 0 Å². The molecule has 0 aromatic carbocycles. The summed E-state index contributed by atoms with van der Waals surface area (Å²) in [5.41, 5.74) is 2.84. The Hall–Kier alpha value is -1.79. The topological polar surface area (TPSA) is 70.2 Å². The number of nitrogens with zero attached hydrogens (tertiary/aromatic N) is 2. The van der Waals surface area contributed by atoms with E-state index >= 15 is 0 Å². The van der Waals surface area contributed by atoms with E-state index in [1.165, 1.54) is 0 Å². The maximum absolute atomic E-state index is 9.60. The number of carbonyl (C=O) groups is 1. The molecule has 0 unspecified atom stereocenters. The first-order chi connectivity index (χ1) is 10.9. The molecule has 0 bridgehead atoms. The lowest BCUT2D eigenvalue weighted by atomic mass is 10.2. The van der Waals surface area contributed by atoms with Gasteiger partial charge in [-0.25, -0.2) is 4.98 Å². The van der Waals surface area contributed by atoms with E-state index in [1.54, 1.807) is 0 Å². The van der Waals surface area contributed by atoms with Crippen molar-refractivity contribution in [3.63, 3.8) is 0 Å². The van der Waals surface area contributed by atoms with Gasteiger partial charge in [-0.15, -0.1) is 0 Å². The first-order valence-corrected chi connectivity index (χ1v) is 7.99. The van der Waals surface area contributed by atoms with E-state index in [9.17, 15) is 4.79 Å². The molecular formula is C16H23ClN4O2. The molecule has 1 aliphatic heterocycles. The van der Waals surface area contributed by atoms with Gasteiger partial charge in [0.25, 0.3) is 6.47 Å². The van der Waals surface area contributed by atoms with Gasteiger partial charge in [0.2, 0.25) is 0 Å². The second-order valence-electron chi connectivity index (χ2n) is 6.27. The SMILES string of the molecule is CC(C)(C)OC=O.Clc1ccc2[nH]cc(N3CCNCC3)c2n1. The molecular weight excluding hydrogens is 316 g/mol. The molecule has 0 amide bonds. The third-order valence-corrected chi connectivity index (χ3v) is 3.54. The summed E-state index contributed by atoms with van der Waals surface area (Å²) in [6.07, 6.45) is 2.01. The van der Waals surface area contributed by atoms with Gasteiger partial charge in [-0.1, -0.05) is 11.6 Å². The van der Waals surface area contributed by atoms with Crippen molar-refractivity contribution in [2.75, 3.05) is 31.1 Å². The number of H-pyrrole nitrogens is 1. The van der Waals surface area contributed by atoms with Crippen molar-refractivity contribution < 1.29 is 9.53 Å². The van der Waals surface area contributed by atoms with E-state index < -0.39 is 0 Å². The zero-order chi connectivity index (χ0) is 16.9. The zero-order valence-electron chi connectivity index (χ0n) is 13.7. The number of piperazine rings is 1. The summed E-state index contributed by atoms with van der Waals surface area (Å²) in [7, 11) is 0. The summed E-state index contributed by atoms with van der Waals surface area (Å²) < 4.78 is 4.55. The largest absolute Gasteiger partial charge is 0.462 e. The summed E-state index contributed by atoms with van der Waals surface area (Å²) in [5.74, 6) is 0. The fourth-order valence-corrected chi connectivity index (χ4v) is 2.40. The number of pyridine rings is 1. The van der Waals surface area contributed by atoms with Crippen molar-refractivity contribution in [1.29, 1.82) is 0 Å². The molecule has 2 aromatic rings. The quantitative estimate of drug-likeness (QED) is 0.650. The fraction of sp³-hybridized carbons (Fsp3) is 0.500. The Kier molecular flexibility index (Phi) is 5.85. The molecule has 1 aliphatic rings. The molecule has 0 radical (unpaired) electrons. The third kappa shape index (κ3) is 5.11. The third-order valence-electron chi connectivity index (χ3n) is 3.33. The highest BCUT2D eigenvalue weighted by Crippen LogP contribution is 2.26. The van der Waals surface area contributed by atoms with Crippen LogP contribution in [0.4, 0.5) is 5.69 Å². The average Bonchev–Trinajstić information content (AvgIpc) is 2.90. The molecule has 2 aromatic heterocycles. The van der Waals surface area contributed by atoms with Crippen LogP contribution in [-0.2, 0) is 9.53 Å². The van der Waals surface area contributed by atoms with Gasteiger partial charge in [-0.2, -0.15) is 0 Å². The van der Waals surface area contributed by atoms with Crippen molar-refractivity contribution in [2.24, 2.45) is 0 Å². The number of ether oxygens (including phenoxy) is 1. The Labute approximate surface area is 141 Å². The Morgan fingerprint density at radius 2 is 2.00 bits per heavy atom. The number of hydrogen-bond donors (Lipinski definition) is 2. The minimum Gasteiger partial charge on any atom is -0.462 e. The number of carbonyl (C=O) groups excluding carboxylic acids is 1. The number of anilines is 1. The number of hydrogen-bond acceptors (Lipinski definition) is 5. The van der Waals surface area contributed by atoms with Gasteiger partial charge in [0.15, 0.2) is 0 Å². The average molecular weight is 339 g/mol. The van der Waals surface area contributed by atoms with Crippen molar-refractivity contribution in [2.45, 2.75) is 26.4 Å². The minimum atomic E-state index is -0.318. The van der Waals surface area contributed by atoms with Crippen molar-refractivity contribution in [1.82, 2.24) is 15.3 Å². The second-order valence-corrected chi connectivity index (χ2v) is 6.65. The Morgan fingerprint density at radius 3 is 2.57 bits per heavy atom. The molecule has 3 heterocycles. The van der Waals surface area contributed by atoms with E-state index in [1.807, 2.05) is 39.1 Å². The van der Waals surface area contributed by atoms with Gasteiger partial charge in [0.1, 0.15) is 16.3 Å². The van der Waals surface area contributed by atoms with Crippen LogP contribution in [0, 0.1) is 0 Å². The van der Waals surface area contributed by atoms with Crippen LogP contribution in [0.3, 0.4) is 0 Å². The molecule has 0 saturated carbocycles. The molecule has 1 saturated heterocycles. The van der Waals surface area contributed by atoms with Crippen LogP contribution in [0.1, 0.15) is 20.8 Å². The predicted octanol–water partition coefficient (Wildman–Crippen LogP) is 2.58. The maximum Gasteiger partial charge on any atom is 0.293 e. The van der Waals surface area contributed by atoms with Gasteiger partial charge >= 0.3 is 0 Å². The standard InChI is InChI=1S/C11H13ClN4.C5H10O2/c12-10-2-1-8-11(15-10)9(7-14-8)16-5-3-13-4-6-16;1-5(2,3)7-4-6/h1-2,7,13-14H,3-6H2;4H,1-3H3. The van der Waals surface area contributed by atoms with Crippen LogP contribution in [0.25, 0.3) is 11.0 Å². The van der Waals surface area contributed by atoms with E-state index in [0.717, 1.165) is 42.9 Å². The summed E-state index contributed by atoms with van der Waals surface area (Å²) in [4.78, 5) is 19.5. The molecule has 1 fully saturated rings. The van der Waals surface area contributed by atoms with Crippen LogP contribution in [0.15, 0.2) is 18.3 Å². The van der Waals surface area contributed by atoms with E-state index in [0.29, 0.717) is 11.6 Å². The number of nitrogens with one attached hydrogen (secondary N) is 2. The summed E-state index contributed by atoms with van der Waals surface area (Å²) >= 11 is 5.93. The highest BCUT2D eigenvalue weighted by atomic mass is 35.5. The number of aromatic amines is 1. The molecule has 7 heteroatoms. The fourth-order valence-electron chi connectivity index (χ4n) is 2.25.